The third-order valence-electron chi connectivity index (χ3n) is 4.67. The van der Waals surface area contributed by atoms with Gasteiger partial charge in [-0.2, -0.15) is 0 Å². The van der Waals surface area contributed by atoms with Gasteiger partial charge in [0.1, 0.15) is 5.82 Å². The summed E-state index contributed by atoms with van der Waals surface area (Å²) in [5, 5.41) is 6.88. The molecule has 0 aliphatic carbocycles. The normalized spacial score (nSPS) is 18.5. The Morgan fingerprint density at radius 1 is 1.28 bits per heavy atom. The van der Waals surface area contributed by atoms with Crippen LogP contribution < -0.4 is 5.32 Å². The number of nitrogens with one attached hydrogen (secondary N) is 1. The van der Waals surface area contributed by atoms with Crippen molar-refractivity contribution in [1.29, 1.82) is 0 Å². The van der Waals surface area contributed by atoms with Crippen LogP contribution in [0.25, 0.3) is 0 Å². The molecule has 1 unspecified atom stereocenters. The minimum Gasteiger partial charge on any atom is -0.337 e. The van der Waals surface area contributed by atoms with Crippen molar-refractivity contribution in [2.24, 2.45) is 7.05 Å². The standard InChI is InChI=1S/C19H23N5S/c1-23-9-8-21-19(23)17-12-20-7-10-24(17)13-16-14-25-18(22-16)11-15-5-3-2-4-6-15/h2-6,8-9,14,17,20H,7,10-13H2,1H3. The smallest absolute Gasteiger partial charge is 0.127 e. The van der Waals surface area contributed by atoms with Gasteiger partial charge in [-0.3, -0.25) is 4.90 Å². The molecule has 4 rings (SSSR count). The Hall–Kier alpha value is -2.02. The number of benzene rings is 1. The van der Waals surface area contributed by atoms with E-state index in [-0.39, 0.29) is 0 Å². The van der Waals surface area contributed by atoms with Gasteiger partial charge >= 0.3 is 0 Å². The zero-order chi connectivity index (χ0) is 17.1. The summed E-state index contributed by atoms with van der Waals surface area (Å²) in [5.41, 5.74) is 2.48. The van der Waals surface area contributed by atoms with E-state index in [9.17, 15) is 0 Å². The van der Waals surface area contributed by atoms with E-state index in [1.165, 1.54) is 10.6 Å². The Bertz CT molecular complexity index is 810. The highest BCUT2D eigenvalue weighted by molar-refractivity contribution is 7.09. The van der Waals surface area contributed by atoms with E-state index in [2.05, 4.69) is 62.5 Å². The lowest BCUT2D eigenvalue weighted by Crippen LogP contribution is -2.46. The fraction of sp³-hybridized carbons (Fsp3) is 0.368. The summed E-state index contributed by atoms with van der Waals surface area (Å²) in [5.74, 6) is 1.12. The molecule has 1 aliphatic rings. The van der Waals surface area contributed by atoms with E-state index in [4.69, 9.17) is 4.98 Å². The molecule has 5 nitrogen and oxygen atoms in total. The highest BCUT2D eigenvalue weighted by Gasteiger charge is 2.27. The molecule has 6 heteroatoms. The molecule has 130 valence electrons. The van der Waals surface area contributed by atoms with Gasteiger partial charge in [-0.25, -0.2) is 9.97 Å². The van der Waals surface area contributed by atoms with Crippen molar-refractivity contribution in [3.63, 3.8) is 0 Å². The molecular formula is C19H23N5S. The van der Waals surface area contributed by atoms with Crippen molar-refractivity contribution in [1.82, 2.24) is 24.8 Å². The van der Waals surface area contributed by atoms with Gasteiger partial charge in [-0.15, -0.1) is 11.3 Å². The second-order valence-corrected chi connectivity index (χ2v) is 7.42. The number of rotatable bonds is 5. The molecule has 3 heterocycles. The predicted octanol–water partition coefficient (Wildman–Crippen LogP) is 2.61. The molecule has 25 heavy (non-hydrogen) atoms. The summed E-state index contributed by atoms with van der Waals surface area (Å²) in [4.78, 5) is 11.9. The van der Waals surface area contributed by atoms with Gasteiger partial charge < -0.3 is 9.88 Å². The number of aryl methyl sites for hydroxylation is 1. The largest absolute Gasteiger partial charge is 0.337 e. The van der Waals surface area contributed by atoms with Gasteiger partial charge in [0.15, 0.2) is 0 Å². The molecule has 1 N–H and O–H groups in total. The first-order valence-electron chi connectivity index (χ1n) is 8.69. The molecule has 0 amide bonds. The summed E-state index contributed by atoms with van der Waals surface area (Å²) in [7, 11) is 2.07. The van der Waals surface area contributed by atoms with E-state index in [0.717, 1.165) is 44.1 Å². The van der Waals surface area contributed by atoms with Crippen molar-refractivity contribution in [3.05, 3.63) is 70.2 Å². The third kappa shape index (κ3) is 3.81. The first-order chi connectivity index (χ1) is 12.3. The molecule has 1 aromatic carbocycles. The second-order valence-electron chi connectivity index (χ2n) is 6.48. The lowest BCUT2D eigenvalue weighted by molar-refractivity contribution is 0.143. The molecule has 0 spiro atoms. The van der Waals surface area contributed by atoms with Gasteiger partial charge in [-0.1, -0.05) is 30.3 Å². The summed E-state index contributed by atoms with van der Waals surface area (Å²) in [6.07, 6.45) is 4.81. The molecule has 1 aliphatic heterocycles. The van der Waals surface area contributed by atoms with Crippen LogP contribution in [0.1, 0.15) is 28.1 Å². The van der Waals surface area contributed by atoms with E-state index < -0.39 is 0 Å². The lowest BCUT2D eigenvalue weighted by atomic mass is 10.1. The highest BCUT2D eigenvalue weighted by atomic mass is 32.1. The van der Waals surface area contributed by atoms with Gasteiger partial charge in [0, 0.05) is 57.4 Å². The van der Waals surface area contributed by atoms with Crippen molar-refractivity contribution < 1.29 is 0 Å². The monoisotopic (exact) mass is 353 g/mol. The van der Waals surface area contributed by atoms with Crippen LogP contribution in [0, 0.1) is 0 Å². The van der Waals surface area contributed by atoms with Crippen LogP contribution >= 0.6 is 11.3 Å². The lowest BCUT2D eigenvalue weighted by Gasteiger charge is -2.35. The number of nitrogens with zero attached hydrogens (tertiary/aromatic N) is 4. The van der Waals surface area contributed by atoms with Gasteiger partial charge in [0.25, 0.3) is 0 Å². The Balaban J connectivity index is 1.46. The van der Waals surface area contributed by atoms with Gasteiger partial charge in [-0.05, 0) is 5.56 Å². The van der Waals surface area contributed by atoms with E-state index in [1.807, 2.05) is 12.4 Å². The molecular weight excluding hydrogens is 330 g/mol. The summed E-state index contributed by atoms with van der Waals surface area (Å²) < 4.78 is 2.12. The topological polar surface area (TPSA) is 46.0 Å². The SMILES string of the molecule is Cn1ccnc1C1CNCCN1Cc1csc(Cc2ccccc2)n1. The van der Waals surface area contributed by atoms with Gasteiger partial charge in [0.2, 0.25) is 0 Å². The Kier molecular flexibility index (Phi) is 4.92. The Morgan fingerprint density at radius 2 is 2.16 bits per heavy atom. The predicted molar refractivity (Wildman–Crippen MR) is 101 cm³/mol. The molecule has 0 radical (unpaired) electrons. The van der Waals surface area contributed by atoms with Crippen LogP contribution in [0.15, 0.2) is 48.1 Å². The van der Waals surface area contributed by atoms with Crippen LogP contribution in [0.5, 0.6) is 0 Å². The third-order valence-corrected chi connectivity index (χ3v) is 5.57. The Morgan fingerprint density at radius 3 is 2.96 bits per heavy atom. The molecule has 3 aromatic rings. The van der Waals surface area contributed by atoms with E-state index >= 15 is 0 Å². The van der Waals surface area contributed by atoms with Crippen LogP contribution in [0.3, 0.4) is 0 Å². The molecule has 1 atom stereocenters. The number of hydrogen-bond donors (Lipinski definition) is 1. The van der Waals surface area contributed by atoms with Crippen LogP contribution in [-0.2, 0) is 20.0 Å². The molecule has 1 saturated heterocycles. The molecule has 0 saturated carbocycles. The fourth-order valence-corrected chi connectivity index (χ4v) is 4.19. The summed E-state index contributed by atoms with van der Waals surface area (Å²) in [6.45, 7) is 3.85. The zero-order valence-electron chi connectivity index (χ0n) is 14.4. The number of thiazole rings is 1. The van der Waals surface area contributed by atoms with Crippen molar-refractivity contribution >= 4 is 11.3 Å². The second kappa shape index (κ2) is 7.47. The van der Waals surface area contributed by atoms with Gasteiger partial charge in [0.05, 0.1) is 16.7 Å². The summed E-state index contributed by atoms with van der Waals surface area (Å²) in [6, 6.07) is 10.8. The maximum absolute atomic E-state index is 4.87. The molecule has 1 fully saturated rings. The average Bonchev–Trinajstić information content (AvgIpc) is 3.25. The Labute approximate surface area is 152 Å². The van der Waals surface area contributed by atoms with Crippen molar-refractivity contribution in [2.45, 2.75) is 19.0 Å². The van der Waals surface area contributed by atoms with Crippen LogP contribution in [-0.4, -0.2) is 39.1 Å². The molecule has 0 bridgehead atoms. The zero-order valence-corrected chi connectivity index (χ0v) is 15.2. The minimum atomic E-state index is 0.299. The van der Waals surface area contributed by atoms with E-state index in [1.54, 1.807) is 11.3 Å². The minimum absolute atomic E-state index is 0.299. The quantitative estimate of drug-likeness (QED) is 0.766. The fourth-order valence-electron chi connectivity index (χ4n) is 3.37. The number of aromatic nitrogens is 3. The summed E-state index contributed by atoms with van der Waals surface area (Å²) >= 11 is 1.76. The first kappa shape index (κ1) is 16.4. The first-order valence-corrected chi connectivity index (χ1v) is 9.57. The molecule has 2 aromatic heterocycles. The maximum Gasteiger partial charge on any atom is 0.127 e. The number of hydrogen-bond acceptors (Lipinski definition) is 5. The van der Waals surface area contributed by atoms with Crippen LogP contribution in [0.2, 0.25) is 0 Å². The maximum atomic E-state index is 4.87. The van der Waals surface area contributed by atoms with Crippen LogP contribution in [0.4, 0.5) is 0 Å². The van der Waals surface area contributed by atoms with Crippen molar-refractivity contribution in [2.75, 3.05) is 19.6 Å². The van der Waals surface area contributed by atoms with E-state index in [0.29, 0.717) is 6.04 Å². The average molecular weight is 353 g/mol. The van der Waals surface area contributed by atoms with Crippen molar-refractivity contribution in [3.8, 4) is 0 Å². The number of piperazine rings is 1. The highest BCUT2D eigenvalue weighted by Crippen LogP contribution is 2.24. The number of imidazole rings is 1.